The van der Waals surface area contributed by atoms with Crippen molar-refractivity contribution in [2.24, 2.45) is 5.92 Å². The number of nitrogens with zero attached hydrogens (tertiary/aromatic N) is 2. The highest BCUT2D eigenvalue weighted by Crippen LogP contribution is 2.21. The van der Waals surface area contributed by atoms with Crippen molar-refractivity contribution in [2.45, 2.75) is 26.2 Å². The third kappa shape index (κ3) is 4.95. The first-order chi connectivity index (χ1) is 10.2. The molecule has 0 aromatic carbocycles. The van der Waals surface area contributed by atoms with Crippen LogP contribution in [-0.2, 0) is 11.2 Å². The second kappa shape index (κ2) is 7.90. The molecule has 2 aromatic rings. The van der Waals surface area contributed by atoms with E-state index in [2.05, 4.69) is 15.5 Å². The number of aliphatic hydroxyl groups is 1. The van der Waals surface area contributed by atoms with Gasteiger partial charge in [0.1, 0.15) is 0 Å². The summed E-state index contributed by atoms with van der Waals surface area (Å²) in [6.07, 6.45) is 1.44. The molecule has 1 unspecified atom stereocenters. The lowest BCUT2D eigenvalue weighted by Gasteiger charge is -2.10. The highest BCUT2D eigenvalue weighted by Gasteiger charge is 2.11. The van der Waals surface area contributed by atoms with Crippen LogP contribution >= 0.6 is 11.3 Å². The zero-order chi connectivity index (χ0) is 15.1. The van der Waals surface area contributed by atoms with Crippen LogP contribution in [0.3, 0.4) is 0 Å². The summed E-state index contributed by atoms with van der Waals surface area (Å²) in [5.41, 5.74) is 0. The summed E-state index contributed by atoms with van der Waals surface area (Å²) in [5.74, 6) is 1.26. The van der Waals surface area contributed by atoms with Crippen molar-refractivity contribution in [1.29, 1.82) is 0 Å². The van der Waals surface area contributed by atoms with Gasteiger partial charge in [-0.25, -0.2) is 0 Å². The van der Waals surface area contributed by atoms with Crippen molar-refractivity contribution in [3.63, 3.8) is 0 Å². The van der Waals surface area contributed by atoms with Crippen LogP contribution in [0, 0.1) is 5.92 Å². The Balaban J connectivity index is 1.74. The molecule has 1 amide bonds. The lowest BCUT2D eigenvalue weighted by Crippen LogP contribution is -2.28. The average Bonchev–Trinajstić information content (AvgIpc) is 3.13. The maximum absolute atomic E-state index is 11.7. The van der Waals surface area contributed by atoms with Crippen LogP contribution in [0.4, 0.5) is 0 Å². The van der Waals surface area contributed by atoms with Crippen LogP contribution in [0.1, 0.15) is 25.7 Å². The Bertz CT molecular complexity index is 554. The van der Waals surface area contributed by atoms with E-state index in [1.54, 1.807) is 11.3 Å². The van der Waals surface area contributed by atoms with E-state index in [0.717, 1.165) is 4.88 Å². The number of aryl methyl sites for hydroxylation is 1. The van der Waals surface area contributed by atoms with Crippen LogP contribution in [0.5, 0.6) is 0 Å². The molecular formula is C14H19N3O3S. The lowest BCUT2D eigenvalue weighted by molar-refractivity contribution is -0.121. The Morgan fingerprint density at radius 1 is 1.57 bits per heavy atom. The van der Waals surface area contributed by atoms with E-state index in [4.69, 9.17) is 9.63 Å². The molecule has 0 aliphatic rings. The SMILES string of the molecule is CC(CCO)CNC(=O)CCc1nc(-c2cccs2)no1. The topological polar surface area (TPSA) is 88.2 Å². The summed E-state index contributed by atoms with van der Waals surface area (Å²) in [6, 6.07) is 3.85. The van der Waals surface area contributed by atoms with Crippen molar-refractivity contribution < 1.29 is 14.4 Å². The van der Waals surface area contributed by atoms with Gasteiger partial charge < -0.3 is 14.9 Å². The summed E-state index contributed by atoms with van der Waals surface area (Å²) >= 11 is 1.54. The molecule has 2 heterocycles. The van der Waals surface area contributed by atoms with Gasteiger partial charge in [0.15, 0.2) is 0 Å². The fourth-order valence-corrected chi connectivity index (χ4v) is 2.43. The number of carbonyl (C=O) groups is 1. The molecule has 0 fully saturated rings. The van der Waals surface area contributed by atoms with Gasteiger partial charge in [-0.3, -0.25) is 4.79 Å². The van der Waals surface area contributed by atoms with Crippen LogP contribution in [0.15, 0.2) is 22.0 Å². The molecule has 0 aliphatic heterocycles. The van der Waals surface area contributed by atoms with Crippen molar-refractivity contribution in [3.05, 3.63) is 23.4 Å². The van der Waals surface area contributed by atoms with E-state index in [1.807, 2.05) is 24.4 Å². The number of hydrogen-bond donors (Lipinski definition) is 2. The summed E-state index contributed by atoms with van der Waals surface area (Å²) in [4.78, 5) is 16.9. The van der Waals surface area contributed by atoms with Gasteiger partial charge in [0.05, 0.1) is 4.88 Å². The zero-order valence-corrected chi connectivity index (χ0v) is 12.7. The molecule has 0 radical (unpaired) electrons. The Morgan fingerprint density at radius 3 is 3.14 bits per heavy atom. The molecule has 0 spiro atoms. The highest BCUT2D eigenvalue weighted by molar-refractivity contribution is 7.13. The minimum atomic E-state index is -0.0457. The lowest BCUT2D eigenvalue weighted by atomic mass is 10.1. The third-order valence-electron chi connectivity index (χ3n) is 3.05. The van der Waals surface area contributed by atoms with Crippen LogP contribution in [-0.4, -0.2) is 34.3 Å². The molecule has 2 rings (SSSR count). The van der Waals surface area contributed by atoms with Gasteiger partial charge in [-0.2, -0.15) is 4.98 Å². The number of hydrogen-bond acceptors (Lipinski definition) is 6. The number of aromatic nitrogens is 2. The summed E-state index contributed by atoms with van der Waals surface area (Å²) in [6.45, 7) is 2.70. The van der Waals surface area contributed by atoms with Crippen LogP contribution in [0.2, 0.25) is 0 Å². The monoisotopic (exact) mass is 309 g/mol. The maximum Gasteiger partial charge on any atom is 0.227 e. The largest absolute Gasteiger partial charge is 0.396 e. The maximum atomic E-state index is 11.7. The second-order valence-corrected chi connectivity index (χ2v) is 5.86. The zero-order valence-electron chi connectivity index (χ0n) is 11.9. The molecule has 0 saturated heterocycles. The Labute approximate surface area is 127 Å². The predicted molar refractivity (Wildman–Crippen MR) is 79.8 cm³/mol. The highest BCUT2D eigenvalue weighted by atomic mass is 32.1. The molecule has 0 saturated carbocycles. The second-order valence-electron chi connectivity index (χ2n) is 4.91. The molecule has 1 atom stereocenters. The molecule has 114 valence electrons. The Kier molecular flexibility index (Phi) is 5.89. The molecule has 2 N–H and O–H groups in total. The molecular weight excluding hydrogens is 290 g/mol. The van der Waals surface area contributed by atoms with E-state index >= 15 is 0 Å². The van der Waals surface area contributed by atoms with Gasteiger partial charge in [-0.05, 0) is 23.8 Å². The number of carbonyl (C=O) groups excluding carboxylic acids is 1. The number of thiophene rings is 1. The van der Waals surface area contributed by atoms with E-state index in [0.29, 0.717) is 37.5 Å². The van der Waals surface area contributed by atoms with E-state index in [1.165, 1.54) is 0 Å². The van der Waals surface area contributed by atoms with Crippen molar-refractivity contribution in [3.8, 4) is 10.7 Å². The first kappa shape index (κ1) is 15.7. The molecule has 0 aliphatic carbocycles. The van der Waals surface area contributed by atoms with Crippen LogP contribution < -0.4 is 5.32 Å². The Morgan fingerprint density at radius 2 is 2.43 bits per heavy atom. The fraction of sp³-hybridized carbons (Fsp3) is 0.500. The summed E-state index contributed by atoms with van der Waals surface area (Å²) in [5, 5.41) is 17.5. The fourth-order valence-electron chi connectivity index (χ4n) is 1.78. The minimum absolute atomic E-state index is 0.0457. The predicted octanol–water partition coefficient (Wildman–Crippen LogP) is 1.87. The quantitative estimate of drug-likeness (QED) is 0.777. The van der Waals surface area contributed by atoms with Crippen LogP contribution in [0.25, 0.3) is 10.7 Å². The van der Waals surface area contributed by atoms with Gasteiger partial charge in [-0.15, -0.1) is 11.3 Å². The number of rotatable bonds is 8. The number of amides is 1. The number of aliphatic hydroxyl groups excluding tert-OH is 1. The molecule has 0 bridgehead atoms. The third-order valence-corrected chi connectivity index (χ3v) is 3.91. The Hall–Kier alpha value is -1.73. The van der Waals surface area contributed by atoms with Gasteiger partial charge in [-0.1, -0.05) is 18.1 Å². The summed E-state index contributed by atoms with van der Waals surface area (Å²) in [7, 11) is 0. The molecule has 6 nitrogen and oxygen atoms in total. The smallest absolute Gasteiger partial charge is 0.227 e. The van der Waals surface area contributed by atoms with Crippen molar-refractivity contribution in [1.82, 2.24) is 15.5 Å². The first-order valence-corrected chi connectivity index (χ1v) is 7.81. The van der Waals surface area contributed by atoms with Gasteiger partial charge in [0, 0.05) is 26.0 Å². The molecule has 2 aromatic heterocycles. The minimum Gasteiger partial charge on any atom is -0.396 e. The van der Waals surface area contributed by atoms with E-state index in [-0.39, 0.29) is 18.4 Å². The average molecular weight is 309 g/mol. The molecule has 21 heavy (non-hydrogen) atoms. The van der Waals surface area contributed by atoms with Gasteiger partial charge >= 0.3 is 0 Å². The van der Waals surface area contributed by atoms with Crippen molar-refractivity contribution >= 4 is 17.2 Å². The van der Waals surface area contributed by atoms with Gasteiger partial charge in [0.2, 0.25) is 17.6 Å². The molecule has 7 heteroatoms. The normalized spacial score (nSPS) is 12.3. The number of nitrogens with one attached hydrogen (secondary N) is 1. The summed E-state index contributed by atoms with van der Waals surface area (Å²) < 4.78 is 5.14. The van der Waals surface area contributed by atoms with E-state index < -0.39 is 0 Å². The van der Waals surface area contributed by atoms with E-state index in [9.17, 15) is 4.79 Å². The van der Waals surface area contributed by atoms with Gasteiger partial charge in [0.25, 0.3) is 0 Å². The first-order valence-electron chi connectivity index (χ1n) is 6.93. The van der Waals surface area contributed by atoms with Crippen molar-refractivity contribution in [2.75, 3.05) is 13.2 Å². The standard InChI is InChI=1S/C14H19N3O3S/c1-10(6-7-18)9-15-12(19)4-5-13-16-14(17-20-13)11-3-2-8-21-11/h2-3,8,10,18H,4-7,9H2,1H3,(H,15,19).